The average molecular weight is 680 g/mol. The van der Waals surface area contributed by atoms with Crippen LogP contribution in [0.25, 0.3) is 16.7 Å². The molecule has 1 aliphatic rings. The second-order valence-electron chi connectivity index (χ2n) is 13.2. The summed E-state index contributed by atoms with van der Waals surface area (Å²) in [4.78, 5) is 35.2. The largest absolute Gasteiger partial charge is 0.473 e. The number of ether oxygens (including phenoxy) is 3. The molecule has 3 heterocycles. The Balaban J connectivity index is 0.00000239. The van der Waals surface area contributed by atoms with Crippen molar-refractivity contribution in [3.8, 4) is 17.4 Å². The van der Waals surface area contributed by atoms with Gasteiger partial charge in [0.2, 0.25) is 11.8 Å². The van der Waals surface area contributed by atoms with E-state index in [0.29, 0.717) is 24.1 Å². The molecule has 0 atom stereocenters. The zero-order chi connectivity index (χ0) is 35.8. The molecule has 10 nitrogen and oxygen atoms in total. The first-order chi connectivity index (χ1) is 24.1. The number of fused-ring (bicyclic) bond motifs is 1. The summed E-state index contributed by atoms with van der Waals surface area (Å²) in [7, 11) is 3.59. The highest BCUT2D eigenvalue weighted by atomic mass is 16.6. The number of nitrogens with zero attached hydrogens (tertiary/aromatic N) is 5. The molecule has 0 unspecified atom stereocenters. The van der Waals surface area contributed by atoms with Crippen LogP contribution >= 0.6 is 0 Å². The van der Waals surface area contributed by atoms with E-state index in [1.165, 1.54) is 0 Å². The van der Waals surface area contributed by atoms with Crippen molar-refractivity contribution in [1.29, 1.82) is 0 Å². The van der Waals surface area contributed by atoms with Gasteiger partial charge in [-0.05, 0) is 69.0 Å². The lowest BCUT2D eigenvalue weighted by Crippen LogP contribution is -2.47. The number of aryl methyl sites for hydroxylation is 1. The van der Waals surface area contributed by atoms with Crippen LogP contribution in [0.1, 0.15) is 58.6 Å². The molecule has 1 aliphatic heterocycles. The Morgan fingerprint density at radius 2 is 1.44 bits per heavy atom. The van der Waals surface area contributed by atoms with Crippen LogP contribution in [-0.4, -0.2) is 56.9 Å². The van der Waals surface area contributed by atoms with Crippen LogP contribution in [-0.2, 0) is 25.0 Å². The van der Waals surface area contributed by atoms with Gasteiger partial charge in [-0.25, -0.2) is 9.59 Å². The van der Waals surface area contributed by atoms with Crippen LogP contribution in [0.5, 0.6) is 11.8 Å². The Morgan fingerprint density at radius 3 is 2.04 bits per heavy atom. The number of pyridine rings is 1. The number of anilines is 1. The highest BCUT2D eigenvalue weighted by Crippen LogP contribution is 2.31. The minimum Gasteiger partial charge on any atom is -0.473 e. The number of carbonyl (C=O) groups excluding carboxylic acids is 1. The zero-order valence-electron chi connectivity index (χ0n) is 30.3. The molecule has 10 heteroatoms. The highest BCUT2D eigenvalue weighted by Gasteiger charge is 2.29. The van der Waals surface area contributed by atoms with Crippen molar-refractivity contribution in [2.75, 3.05) is 25.0 Å². The maximum Gasteiger partial charge on any atom is 0.410 e. The zero-order valence-corrected chi connectivity index (χ0v) is 30.3. The van der Waals surface area contributed by atoms with E-state index in [2.05, 4.69) is 11.0 Å². The topological polar surface area (TPSA) is 91.1 Å². The lowest BCUT2D eigenvalue weighted by molar-refractivity contribution is 0.0201. The Morgan fingerprint density at radius 1 is 0.840 bits per heavy atom. The fourth-order valence-corrected chi connectivity index (χ4v) is 5.98. The quantitative estimate of drug-likeness (QED) is 0.157. The smallest absolute Gasteiger partial charge is 0.410 e. The molecule has 2 aromatic heterocycles. The molecule has 3 aromatic carbocycles. The second kappa shape index (κ2) is 16.0. The van der Waals surface area contributed by atoms with Gasteiger partial charge in [0.1, 0.15) is 24.5 Å². The molecule has 50 heavy (non-hydrogen) atoms. The molecule has 264 valence electrons. The summed E-state index contributed by atoms with van der Waals surface area (Å²) in [6.45, 7) is 11.8. The van der Waals surface area contributed by atoms with E-state index in [-0.39, 0.29) is 24.4 Å². The van der Waals surface area contributed by atoms with Crippen LogP contribution in [0.2, 0.25) is 0 Å². The number of rotatable bonds is 9. The predicted octanol–water partition coefficient (Wildman–Crippen LogP) is 7.74. The molecular weight excluding hydrogens is 630 g/mol. The van der Waals surface area contributed by atoms with Gasteiger partial charge in [-0.2, -0.15) is 4.98 Å². The lowest BCUT2D eigenvalue weighted by atomic mass is 10.0. The van der Waals surface area contributed by atoms with Gasteiger partial charge in [-0.1, -0.05) is 74.5 Å². The van der Waals surface area contributed by atoms with Gasteiger partial charge in [-0.15, -0.1) is 0 Å². The fraction of sp³-hybridized carbons (Fsp3) is 0.375. The number of carbonyl (C=O) groups is 1. The van der Waals surface area contributed by atoms with Crippen molar-refractivity contribution in [3.63, 3.8) is 0 Å². The van der Waals surface area contributed by atoms with Crippen LogP contribution in [0.3, 0.4) is 0 Å². The van der Waals surface area contributed by atoms with Crippen LogP contribution in [0.15, 0.2) is 95.8 Å². The van der Waals surface area contributed by atoms with Gasteiger partial charge in [0.25, 0.3) is 0 Å². The summed E-state index contributed by atoms with van der Waals surface area (Å²) < 4.78 is 21.2. The molecular formula is C40H49N5O5. The summed E-state index contributed by atoms with van der Waals surface area (Å²) in [6, 6.07) is 29.5. The van der Waals surface area contributed by atoms with Gasteiger partial charge in [-0.3, -0.25) is 9.13 Å². The van der Waals surface area contributed by atoms with Crippen molar-refractivity contribution in [3.05, 3.63) is 113 Å². The van der Waals surface area contributed by atoms with Gasteiger partial charge in [0, 0.05) is 45.0 Å². The van der Waals surface area contributed by atoms with Crippen molar-refractivity contribution in [1.82, 2.24) is 19.0 Å². The molecule has 1 saturated heterocycles. The number of amides is 1. The molecule has 0 aliphatic carbocycles. The van der Waals surface area contributed by atoms with E-state index in [0.717, 1.165) is 53.8 Å². The van der Waals surface area contributed by atoms with E-state index in [1.54, 1.807) is 27.1 Å². The van der Waals surface area contributed by atoms with Crippen LogP contribution in [0, 0.1) is 0 Å². The molecule has 0 saturated carbocycles. The SMILES string of the molecule is CC.CN(C(=O)OC(C)(C)C)C1CCN(c2ccc3c(c2)n(C)c(=O)n3-c2ccc(OCc3ccccc3)nc2OCc2ccccc2)CC1. The van der Waals surface area contributed by atoms with Crippen molar-refractivity contribution >= 4 is 22.8 Å². The van der Waals surface area contributed by atoms with Crippen LogP contribution in [0.4, 0.5) is 10.5 Å². The van der Waals surface area contributed by atoms with Gasteiger partial charge >= 0.3 is 11.8 Å². The number of aromatic nitrogens is 3. The highest BCUT2D eigenvalue weighted by molar-refractivity contribution is 5.82. The monoisotopic (exact) mass is 679 g/mol. The maximum atomic E-state index is 13.8. The first kappa shape index (κ1) is 36.0. The average Bonchev–Trinajstić information content (AvgIpc) is 3.38. The molecule has 0 radical (unpaired) electrons. The normalized spacial score (nSPS) is 13.4. The summed E-state index contributed by atoms with van der Waals surface area (Å²) >= 11 is 0. The van der Waals surface area contributed by atoms with E-state index in [1.807, 2.05) is 121 Å². The Kier molecular flexibility index (Phi) is 11.5. The number of hydrogen-bond donors (Lipinski definition) is 0. The molecule has 0 bridgehead atoms. The molecule has 0 N–H and O–H groups in total. The second-order valence-corrected chi connectivity index (χ2v) is 13.2. The maximum absolute atomic E-state index is 13.8. The molecule has 0 spiro atoms. The fourth-order valence-electron chi connectivity index (χ4n) is 5.98. The standard InChI is InChI=1S/C38H43N5O5.C2H6/c1-38(2,3)48-37(45)40(4)29-20-22-42(23-21-29)30-16-17-31-33(24-30)41(5)36(44)43(31)32-18-19-34(46-25-27-12-8-6-9-13-27)39-35(32)47-26-28-14-10-7-11-15-28;1-2/h6-19,24,29H,20-23,25-26H2,1-5H3;1-2H3. The Labute approximate surface area is 294 Å². The minimum absolute atomic E-state index is 0.103. The summed E-state index contributed by atoms with van der Waals surface area (Å²) in [5.74, 6) is 0.709. The first-order valence-corrected chi connectivity index (χ1v) is 17.3. The summed E-state index contributed by atoms with van der Waals surface area (Å²) in [5, 5.41) is 0. The minimum atomic E-state index is -0.531. The summed E-state index contributed by atoms with van der Waals surface area (Å²) in [6.07, 6.45) is 1.34. The van der Waals surface area contributed by atoms with Crippen LogP contribution < -0.4 is 20.1 Å². The van der Waals surface area contributed by atoms with Gasteiger partial charge < -0.3 is 24.0 Å². The van der Waals surface area contributed by atoms with Gasteiger partial charge in [0.05, 0.1) is 11.0 Å². The third-order valence-corrected chi connectivity index (χ3v) is 8.60. The van der Waals surface area contributed by atoms with Gasteiger partial charge in [0.15, 0.2) is 0 Å². The first-order valence-electron chi connectivity index (χ1n) is 17.3. The third-order valence-electron chi connectivity index (χ3n) is 8.60. The van der Waals surface area contributed by atoms with E-state index in [4.69, 9.17) is 19.2 Å². The molecule has 5 aromatic rings. The molecule has 1 amide bonds. The van der Waals surface area contributed by atoms with E-state index in [9.17, 15) is 9.59 Å². The number of piperidine rings is 1. The van der Waals surface area contributed by atoms with E-state index >= 15 is 0 Å². The van der Waals surface area contributed by atoms with E-state index < -0.39 is 5.60 Å². The van der Waals surface area contributed by atoms with Crippen molar-refractivity contribution in [2.45, 2.75) is 72.3 Å². The van der Waals surface area contributed by atoms with Crippen molar-refractivity contribution in [2.24, 2.45) is 7.05 Å². The number of benzene rings is 3. The summed E-state index contributed by atoms with van der Waals surface area (Å²) in [5.41, 5.74) is 4.37. The Bertz CT molecular complexity index is 1920. The van der Waals surface area contributed by atoms with Crippen molar-refractivity contribution < 1.29 is 19.0 Å². The predicted molar refractivity (Wildman–Crippen MR) is 198 cm³/mol. The lowest BCUT2D eigenvalue weighted by Gasteiger charge is -2.38. The third kappa shape index (κ3) is 8.48. The Hall–Kier alpha value is -5.25. The molecule has 6 rings (SSSR count). The number of hydrogen-bond acceptors (Lipinski definition) is 7. The number of imidazole rings is 1. The molecule has 1 fully saturated rings.